The first-order valence-electron chi connectivity index (χ1n) is 4.56. The van der Waals surface area contributed by atoms with Gasteiger partial charge in [0.25, 0.3) is 0 Å². The molecule has 0 radical (unpaired) electrons. The summed E-state index contributed by atoms with van der Waals surface area (Å²) in [5.41, 5.74) is 1.38. The van der Waals surface area contributed by atoms with Gasteiger partial charge >= 0.3 is 0 Å². The molecule has 0 saturated carbocycles. The van der Waals surface area contributed by atoms with Crippen LogP contribution >= 0.6 is 35.0 Å². The highest BCUT2D eigenvalue weighted by molar-refractivity contribution is 14.1. The van der Waals surface area contributed by atoms with Gasteiger partial charge in [0.1, 0.15) is 0 Å². The van der Waals surface area contributed by atoms with Crippen molar-refractivity contribution in [3.8, 4) is 0 Å². The molecule has 0 aliphatic carbocycles. The van der Waals surface area contributed by atoms with Gasteiger partial charge < -0.3 is 10.6 Å². The SMILES string of the molecule is Cl.Ic1ccc([C@H]2CNCCN2)cc1. The minimum Gasteiger partial charge on any atom is -0.314 e. The lowest BCUT2D eigenvalue weighted by Crippen LogP contribution is -2.42. The van der Waals surface area contributed by atoms with E-state index in [0.29, 0.717) is 6.04 Å². The molecule has 0 bridgehead atoms. The predicted octanol–water partition coefficient (Wildman–Crippen LogP) is 1.95. The summed E-state index contributed by atoms with van der Waals surface area (Å²) in [7, 11) is 0. The Hall–Kier alpha value is 0.160. The summed E-state index contributed by atoms with van der Waals surface area (Å²) < 4.78 is 1.30. The molecule has 1 aromatic carbocycles. The predicted molar refractivity (Wildman–Crippen MR) is 70.0 cm³/mol. The van der Waals surface area contributed by atoms with Crippen molar-refractivity contribution in [2.45, 2.75) is 6.04 Å². The molecule has 4 heteroatoms. The van der Waals surface area contributed by atoms with E-state index >= 15 is 0 Å². The van der Waals surface area contributed by atoms with Crippen LogP contribution in [0.2, 0.25) is 0 Å². The molecular formula is C10H14ClIN2. The minimum absolute atomic E-state index is 0. The molecule has 1 fully saturated rings. The zero-order valence-electron chi connectivity index (χ0n) is 7.79. The molecular weight excluding hydrogens is 310 g/mol. The Balaban J connectivity index is 0.000000980. The van der Waals surface area contributed by atoms with Crippen LogP contribution in [0.4, 0.5) is 0 Å². The van der Waals surface area contributed by atoms with Gasteiger partial charge in [-0.25, -0.2) is 0 Å². The van der Waals surface area contributed by atoms with E-state index in [2.05, 4.69) is 57.5 Å². The minimum atomic E-state index is 0. The molecule has 1 aliphatic rings. The lowest BCUT2D eigenvalue weighted by atomic mass is 10.1. The van der Waals surface area contributed by atoms with Gasteiger partial charge in [0, 0.05) is 29.2 Å². The number of rotatable bonds is 1. The van der Waals surface area contributed by atoms with E-state index in [1.807, 2.05) is 0 Å². The number of benzene rings is 1. The summed E-state index contributed by atoms with van der Waals surface area (Å²) in [6, 6.07) is 9.21. The van der Waals surface area contributed by atoms with Crippen molar-refractivity contribution in [3.05, 3.63) is 33.4 Å². The fraction of sp³-hybridized carbons (Fsp3) is 0.400. The van der Waals surface area contributed by atoms with Gasteiger partial charge in [0.05, 0.1) is 0 Å². The zero-order valence-corrected chi connectivity index (χ0v) is 10.8. The molecule has 0 aromatic heterocycles. The third kappa shape index (κ3) is 3.08. The Labute approximate surface area is 104 Å². The number of hydrogen-bond acceptors (Lipinski definition) is 2. The van der Waals surface area contributed by atoms with Gasteiger partial charge in [0.2, 0.25) is 0 Å². The second kappa shape index (κ2) is 5.90. The smallest absolute Gasteiger partial charge is 0.0447 e. The number of piperazine rings is 1. The number of halogens is 2. The molecule has 1 saturated heterocycles. The summed E-state index contributed by atoms with van der Waals surface area (Å²) in [6.45, 7) is 3.19. The summed E-state index contributed by atoms with van der Waals surface area (Å²) in [6.07, 6.45) is 0. The van der Waals surface area contributed by atoms with E-state index in [1.54, 1.807) is 0 Å². The van der Waals surface area contributed by atoms with Crippen molar-refractivity contribution in [1.82, 2.24) is 10.6 Å². The Kier molecular flexibility index (Phi) is 5.15. The normalized spacial score (nSPS) is 21.4. The Morgan fingerprint density at radius 1 is 1.14 bits per heavy atom. The van der Waals surface area contributed by atoms with Gasteiger partial charge in [-0.1, -0.05) is 12.1 Å². The maximum absolute atomic E-state index is 3.49. The molecule has 2 rings (SSSR count). The standard InChI is InChI=1S/C10H13IN2.ClH/c11-9-3-1-8(2-4-9)10-7-12-5-6-13-10;/h1-4,10,12-13H,5-7H2;1H/t10-;/m1./s1. The van der Waals surface area contributed by atoms with Crippen LogP contribution in [-0.4, -0.2) is 19.6 Å². The lowest BCUT2D eigenvalue weighted by Gasteiger charge is -2.24. The van der Waals surface area contributed by atoms with Gasteiger partial charge in [0.15, 0.2) is 0 Å². The number of hydrogen-bond donors (Lipinski definition) is 2. The molecule has 1 aliphatic heterocycles. The number of nitrogens with one attached hydrogen (secondary N) is 2. The van der Waals surface area contributed by atoms with Crippen LogP contribution in [-0.2, 0) is 0 Å². The van der Waals surface area contributed by atoms with Gasteiger partial charge in [-0.15, -0.1) is 12.4 Å². The monoisotopic (exact) mass is 324 g/mol. The van der Waals surface area contributed by atoms with E-state index < -0.39 is 0 Å². The lowest BCUT2D eigenvalue weighted by molar-refractivity contribution is 0.430. The molecule has 2 N–H and O–H groups in total. The molecule has 1 aromatic rings. The van der Waals surface area contributed by atoms with Crippen LogP contribution in [0.3, 0.4) is 0 Å². The Bertz CT molecular complexity index is 270. The molecule has 0 spiro atoms. The second-order valence-electron chi connectivity index (χ2n) is 3.26. The van der Waals surface area contributed by atoms with Crippen molar-refractivity contribution >= 4 is 35.0 Å². The third-order valence-electron chi connectivity index (χ3n) is 2.31. The van der Waals surface area contributed by atoms with Crippen LogP contribution < -0.4 is 10.6 Å². The average Bonchev–Trinajstić information content (AvgIpc) is 2.20. The molecule has 1 heterocycles. The van der Waals surface area contributed by atoms with E-state index in [1.165, 1.54) is 9.13 Å². The summed E-state index contributed by atoms with van der Waals surface area (Å²) in [5.74, 6) is 0. The fourth-order valence-electron chi connectivity index (χ4n) is 1.58. The molecule has 0 amide bonds. The Morgan fingerprint density at radius 2 is 1.86 bits per heavy atom. The van der Waals surface area contributed by atoms with Crippen molar-refractivity contribution in [2.24, 2.45) is 0 Å². The van der Waals surface area contributed by atoms with Crippen LogP contribution in [0.5, 0.6) is 0 Å². The first kappa shape index (κ1) is 12.2. The molecule has 0 unspecified atom stereocenters. The molecule has 1 atom stereocenters. The van der Waals surface area contributed by atoms with Gasteiger partial charge in [-0.2, -0.15) is 0 Å². The van der Waals surface area contributed by atoms with Crippen molar-refractivity contribution in [1.29, 1.82) is 0 Å². The maximum Gasteiger partial charge on any atom is 0.0447 e. The van der Waals surface area contributed by atoms with Crippen LogP contribution in [0.25, 0.3) is 0 Å². The highest BCUT2D eigenvalue weighted by Gasteiger charge is 2.13. The van der Waals surface area contributed by atoms with E-state index in [4.69, 9.17) is 0 Å². The quantitative estimate of drug-likeness (QED) is 0.772. The van der Waals surface area contributed by atoms with E-state index in [0.717, 1.165) is 19.6 Å². The third-order valence-corrected chi connectivity index (χ3v) is 3.03. The highest BCUT2D eigenvalue weighted by Crippen LogP contribution is 2.15. The first-order chi connectivity index (χ1) is 6.36. The highest BCUT2D eigenvalue weighted by atomic mass is 127. The molecule has 78 valence electrons. The molecule has 14 heavy (non-hydrogen) atoms. The van der Waals surface area contributed by atoms with Gasteiger partial charge in [-0.05, 0) is 40.3 Å². The molecule has 2 nitrogen and oxygen atoms in total. The van der Waals surface area contributed by atoms with Crippen LogP contribution in [0, 0.1) is 3.57 Å². The average molecular weight is 325 g/mol. The zero-order chi connectivity index (χ0) is 9.10. The van der Waals surface area contributed by atoms with Crippen molar-refractivity contribution < 1.29 is 0 Å². The largest absolute Gasteiger partial charge is 0.314 e. The summed E-state index contributed by atoms with van der Waals surface area (Å²) in [4.78, 5) is 0. The van der Waals surface area contributed by atoms with Crippen molar-refractivity contribution in [3.63, 3.8) is 0 Å². The second-order valence-corrected chi connectivity index (χ2v) is 4.51. The summed E-state index contributed by atoms with van der Waals surface area (Å²) in [5, 5.41) is 6.87. The Morgan fingerprint density at radius 3 is 2.43 bits per heavy atom. The topological polar surface area (TPSA) is 24.1 Å². The maximum atomic E-state index is 3.49. The van der Waals surface area contributed by atoms with E-state index in [9.17, 15) is 0 Å². The van der Waals surface area contributed by atoms with Crippen LogP contribution in [0.1, 0.15) is 11.6 Å². The summed E-state index contributed by atoms with van der Waals surface area (Å²) >= 11 is 2.33. The fourth-order valence-corrected chi connectivity index (χ4v) is 1.94. The van der Waals surface area contributed by atoms with Crippen LogP contribution in [0.15, 0.2) is 24.3 Å². The first-order valence-corrected chi connectivity index (χ1v) is 5.64. The van der Waals surface area contributed by atoms with Crippen molar-refractivity contribution in [2.75, 3.05) is 19.6 Å². The van der Waals surface area contributed by atoms with E-state index in [-0.39, 0.29) is 12.4 Å². The van der Waals surface area contributed by atoms with Gasteiger partial charge in [-0.3, -0.25) is 0 Å².